The molecular formula is C26H24FN3O. The number of rotatable bonds is 6. The maximum absolute atomic E-state index is 14.7. The Balaban J connectivity index is 1.78. The molecule has 0 atom stereocenters. The summed E-state index contributed by atoms with van der Waals surface area (Å²) in [6, 6.07) is 24.4. The Kier molecular flexibility index (Phi) is 6.22. The second-order valence-electron chi connectivity index (χ2n) is 7.38. The second kappa shape index (κ2) is 9.39. The summed E-state index contributed by atoms with van der Waals surface area (Å²) >= 11 is 0. The lowest BCUT2D eigenvalue weighted by Crippen LogP contribution is -2.29. The number of anilines is 1. The molecule has 0 fully saturated rings. The van der Waals surface area contributed by atoms with Gasteiger partial charge in [-0.05, 0) is 24.1 Å². The average Bonchev–Trinajstić information content (AvgIpc) is 2.80. The molecule has 1 heterocycles. The summed E-state index contributed by atoms with van der Waals surface area (Å²) in [5.41, 5.74) is 4.39. The van der Waals surface area contributed by atoms with Gasteiger partial charge >= 0.3 is 6.03 Å². The molecule has 31 heavy (non-hydrogen) atoms. The standard InChI is InChI=1S/C26H24FN3O/c1-2-3-14-28-26(31)30-24-16-20-15-21(18-10-6-4-7-11-18)25(19-12-8-5-9-13-19)29-23(20)17-22(24)27/h4-13,15-17H,2-3,14H2,1H3,(H2,28,30,31). The first-order valence-electron chi connectivity index (χ1n) is 10.5. The zero-order valence-corrected chi connectivity index (χ0v) is 17.4. The number of amides is 2. The highest BCUT2D eigenvalue weighted by atomic mass is 19.1. The van der Waals surface area contributed by atoms with Crippen molar-refractivity contribution >= 4 is 22.6 Å². The van der Waals surface area contributed by atoms with Gasteiger partial charge in [0, 0.05) is 29.1 Å². The van der Waals surface area contributed by atoms with Crippen LogP contribution in [-0.2, 0) is 0 Å². The van der Waals surface area contributed by atoms with Gasteiger partial charge in [0.1, 0.15) is 5.82 Å². The molecule has 0 bridgehead atoms. The predicted octanol–water partition coefficient (Wildman–Crippen LogP) is 6.63. The third-order valence-corrected chi connectivity index (χ3v) is 5.10. The molecule has 3 aromatic carbocycles. The van der Waals surface area contributed by atoms with Gasteiger partial charge in [0.05, 0.1) is 16.9 Å². The lowest BCUT2D eigenvalue weighted by Gasteiger charge is -2.13. The number of fused-ring (bicyclic) bond motifs is 1. The summed E-state index contributed by atoms with van der Waals surface area (Å²) in [5.74, 6) is -0.517. The normalized spacial score (nSPS) is 10.8. The molecule has 0 aliphatic heterocycles. The van der Waals surface area contributed by atoms with Crippen LogP contribution in [-0.4, -0.2) is 17.6 Å². The van der Waals surface area contributed by atoms with Gasteiger partial charge < -0.3 is 10.6 Å². The van der Waals surface area contributed by atoms with Crippen LogP contribution < -0.4 is 10.6 Å². The summed E-state index contributed by atoms with van der Waals surface area (Å²) < 4.78 is 14.7. The van der Waals surface area contributed by atoms with Gasteiger partial charge in [0.2, 0.25) is 0 Å². The van der Waals surface area contributed by atoms with E-state index in [1.54, 1.807) is 6.07 Å². The minimum Gasteiger partial charge on any atom is -0.338 e. The van der Waals surface area contributed by atoms with E-state index in [0.29, 0.717) is 12.1 Å². The van der Waals surface area contributed by atoms with E-state index in [9.17, 15) is 9.18 Å². The average molecular weight is 413 g/mol. The third kappa shape index (κ3) is 4.72. The molecule has 4 nitrogen and oxygen atoms in total. The van der Waals surface area contributed by atoms with Crippen molar-refractivity contribution < 1.29 is 9.18 Å². The molecule has 0 saturated carbocycles. The summed E-state index contributed by atoms with van der Waals surface area (Å²) in [7, 11) is 0. The van der Waals surface area contributed by atoms with Crippen LogP contribution in [0, 0.1) is 5.82 Å². The van der Waals surface area contributed by atoms with Crippen molar-refractivity contribution in [2.75, 3.05) is 11.9 Å². The van der Waals surface area contributed by atoms with Crippen molar-refractivity contribution in [1.29, 1.82) is 0 Å². The molecular weight excluding hydrogens is 389 g/mol. The zero-order valence-electron chi connectivity index (χ0n) is 17.4. The minimum absolute atomic E-state index is 0.134. The van der Waals surface area contributed by atoms with E-state index in [2.05, 4.69) is 10.6 Å². The van der Waals surface area contributed by atoms with Gasteiger partial charge in [-0.2, -0.15) is 0 Å². The second-order valence-corrected chi connectivity index (χ2v) is 7.38. The number of carbonyl (C=O) groups is 1. The van der Waals surface area contributed by atoms with Crippen molar-refractivity contribution in [2.24, 2.45) is 0 Å². The molecule has 0 spiro atoms. The fourth-order valence-electron chi connectivity index (χ4n) is 3.49. The first-order chi connectivity index (χ1) is 15.2. The number of nitrogens with one attached hydrogen (secondary N) is 2. The van der Waals surface area contributed by atoms with Gasteiger partial charge in [0.15, 0.2) is 0 Å². The smallest absolute Gasteiger partial charge is 0.319 e. The van der Waals surface area contributed by atoms with Crippen LogP contribution in [0.4, 0.5) is 14.9 Å². The predicted molar refractivity (Wildman–Crippen MR) is 125 cm³/mol. The Bertz CT molecular complexity index is 1190. The van der Waals surface area contributed by atoms with E-state index >= 15 is 0 Å². The number of benzene rings is 3. The number of hydrogen-bond acceptors (Lipinski definition) is 2. The minimum atomic E-state index is -0.517. The molecule has 1 aromatic heterocycles. The van der Waals surface area contributed by atoms with Crippen LogP contribution in [0.1, 0.15) is 19.8 Å². The van der Waals surface area contributed by atoms with Crippen LogP contribution in [0.2, 0.25) is 0 Å². The SMILES string of the molecule is CCCCNC(=O)Nc1cc2cc(-c3ccccc3)c(-c3ccccc3)nc2cc1F. The molecule has 2 amide bonds. The number of nitrogens with zero attached hydrogens (tertiary/aromatic N) is 1. The Hall–Kier alpha value is -3.73. The van der Waals surface area contributed by atoms with E-state index in [0.717, 1.165) is 40.6 Å². The molecule has 4 aromatic rings. The van der Waals surface area contributed by atoms with E-state index in [-0.39, 0.29) is 5.69 Å². The molecule has 5 heteroatoms. The number of hydrogen-bond donors (Lipinski definition) is 2. The molecule has 156 valence electrons. The Morgan fingerprint density at radius 3 is 2.29 bits per heavy atom. The largest absolute Gasteiger partial charge is 0.338 e. The van der Waals surface area contributed by atoms with Crippen LogP contribution in [0.15, 0.2) is 78.9 Å². The topological polar surface area (TPSA) is 54.0 Å². The fourth-order valence-corrected chi connectivity index (χ4v) is 3.49. The van der Waals surface area contributed by atoms with Crippen LogP contribution in [0.25, 0.3) is 33.3 Å². The quantitative estimate of drug-likeness (QED) is 0.349. The fraction of sp³-hybridized carbons (Fsp3) is 0.154. The number of pyridine rings is 1. The third-order valence-electron chi connectivity index (χ3n) is 5.10. The number of unbranched alkanes of at least 4 members (excludes halogenated alkanes) is 1. The van der Waals surface area contributed by atoms with Crippen LogP contribution in [0.5, 0.6) is 0 Å². The van der Waals surface area contributed by atoms with Crippen molar-refractivity contribution in [3.8, 4) is 22.4 Å². The molecule has 2 N–H and O–H groups in total. The maximum atomic E-state index is 14.7. The highest BCUT2D eigenvalue weighted by molar-refractivity contribution is 5.96. The van der Waals surface area contributed by atoms with E-state index in [1.807, 2.05) is 73.7 Å². The summed E-state index contributed by atoms with van der Waals surface area (Å²) in [4.78, 5) is 16.9. The Labute approximate surface area is 181 Å². The summed E-state index contributed by atoms with van der Waals surface area (Å²) in [6.45, 7) is 2.60. The Morgan fingerprint density at radius 1 is 0.935 bits per heavy atom. The molecule has 0 aliphatic rings. The molecule has 0 radical (unpaired) electrons. The lowest BCUT2D eigenvalue weighted by molar-refractivity contribution is 0.252. The van der Waals surface area contributed by atoms with Crippen molar-refractivity contribution in [3.63, 3.8) is 0 Å². The van der Waals surface area contributed by atoms with Gasteiger partial charge in [-0.15, -0.1) is 0 Å². The number of urea groups is 1. The van der Waals surface area contributed by atoms with E-state index in [4.69, 9.17) is 4.98 Å². The van der Waals surface area contributed by atoms with Gasteiger partial charge in [0.25, 0.3) is 0 Å². The number of aromatic nitrogens is 1. The summed E-state index contributed by atoms with van der Waals surface area (Å²) in [6.07, 6.45) is 1.85. The van der Waals surface area contributed by atoms with Crippen LogP contribution in [0.3, 0.4) is 0 Å². The van der Waals surface area contributed by atoms with E-state index in [1.165, 1.54) is 6.07 Å². The van der Waals surface area contributed by atoms with E-state index < -0.39 is 11.8 Å². The molecule has 0 unspecified atom stereocenters. The molecule has 0 aliphatic carbocycles. The van der Waals surface area contributed by atoms with Crippen molar-refractivity contribution in [3.05, 3.63) is 84.7 Å². The van der Waals surface area contributed by atoms with Crippen molar-refractivity contribution in [1.82, 2.24) is 10.3 Å². The first-order valence-corrected chi connectivity index (χ1v) is 10.5. The van der Waals surface area contributed by atoms with Crippen molar-refractivity contribution in [2.45, 2.75) is 19.8 Å². The first kappa shape index (κ1) is 20.5. The van der Waals surface area contributed by atoms with Gasteiger partial charge in [-0.25, -0.2) is 14.2 Å². The highest BCUT2D eigenvalue weighted by Crippen LogP contribution is 2.34. The Morgan fingerprint density at radius 2 is 1.61 bits per heavy atom. The number of carbonyl (C=O) groups excluding carboxylic acids is 1. The summed E-state index contributed by atoms with van der Waals surface area (Å²) in [5, 5.41) is 6.11. The maximum Gasteiger partial charge on any atom is 0.319 e. The molecule has 4 rings (SSSR count). The highest BCUT2D eigenvalue weighted by Gasteiger charge is 2.14. The van der Waals surface area contributed by atoms with Gasteiger partial charge in [-0.1, -0.05) is 74.0 Å². The number of halogens is 1. The monoisotopic (exact) mass is 413 g/mol. The van der Waals surface area contributed by atoms with Gasteiger partial charge in [-0.3, -0.25) is 0 Å². The van der Waals surface area contributed by atoms with Crippen LogP contribution >= 0.6 is 0 Å². The zero-order chi connectivity index (χ0) is 21.6. The lowest BCUT2D eigenvalue weighted by atomic mass is 9.97. The molecule has 0 saturated heterocycles.